The van der Waals surface area contributed by atoms with Crippen molar-refractivity contribution in [1.82, 2.24) is 4.90 Å². The van der Waals surface area contributed by atoms with Crippen molar-refractivity contribution < 1.29 is 9.53 Å². The van der Waals surface area contributed by atoms with E-state index in [-0.39, 0.29) is 22.9 Å². The first-order valence-corrected chi connectivity index (χ1v) is 15.4. The minimum atomic E-state index is 0. The van der Waals surface area contributed by atoms with Gasteiger partial charge in [0.1, 0.15) is 5.75 Å². The van der Waals surface area contributed by atoms with Gasteiger partial charge in [-0.1, -0.05) is 95.9 Å². The molecule has 1 aliphatic rings. The predicted octanol–water partition coefficient (Wildman–Crippen LogP) is 9.48. The summed E-state index contributed by atoms with van der Waals surface area (Å²) in [7, 11) is 0. The normalized spacial score (nSPS) is 12.4. The van der Waals surface area contributed by atoms with Gasteiger partial charge in [0.05, 0.1) is 19.0 Å². The lowest BCUT2D eigenvalue weighted by Gasteiger charge is -2.23. The highest BCUT2D eigenvalue weighted by molar-refractivity contribution is 8.93. The summed E-state index contributed by atoms with van der Waals surface area (Å²) in [6.45, 7) is 6.43. The number of halogens is 1. The molecule has 0 bridgehead atoms. The number of benzene rings is 2. The first-order valence-electron chi connectivity index (χ1n) is 14.3. The Balaban J connectivity index is 0.00000507. The molecule has 0 unspecified atom stereocenters. The predicted molar refractivity (Wildman–Crippen MR) is 169 cm³/mol. The van der Waals surface area contributed by atoms with Gasteiger partial charge in [0.15, 0.2) is 0 Å². The molecule has 2 aromatic carbocycles. The van der Waals surface area contributed by atoms with Crippen LogP contribution in [0.4, 0.5) is 5.69 Å². The molecule has 0 N–H and O–H groups in total. The lowest BCUT2D eigenvalue weighted by atomic mass is 10.1. The van der Waals surface area contributed by atoms with Gasteiger partial charge in [-0.25, -0.2) is 0 Å². The van der Waals surface area contributed by atoms with E-state index in [0.29, 0.717) is 13.0 Å². The Kier molecular flexibility index (Phi) is 16.3. The monoisotopic (exact) mass is 602 g/mol. The molecule has 6 heteroatoms. The number of anilines is 1. The topological polar surface area (TPSA) is 32.8 Å². The van der Waals surface area contributed by atoms with Gasteiger partial charge in [0.2, 0.25) is 5.91 Å². The van der Waals surface area contributed by atoms with E-state index in [2.05, 4.69) is 59.8 Å². The lowest BCUT2D eigenvalue weighted by molar-refractivity contribution is -0.118. The highest BCUT2D eigenvalue weighted by Crippen LogP contribution is 2.23. The second-order valence-corrected chi connectivity index (χ2v) is 10.9. The van der Waals surface area contributed by atoms with Crippen molar-refractivity contribution in [3.63, 3.8) is 0 Å². The summed E-state index contributed by atoms with van der Waals surface area (Å²) in [6, 6.07) is 16.6. The van der Waals surface area contributed by atoms with Crippen LogP contribution in [-0.2, 0) is 17.9 Å². The Morgan fingerprint density at radius 3 is 2.03 bits per heavy atom. The highest BCUT2D eigenvalue weighted by atomic mass is 79.9. The minimum absolute atomic E-state index is 0. The van der Waals surface area contributed by atoms with Crippen LogP contribution in [0.1, 0.15) is 95.6 Å². The molecule has 0 spiro atoms. The Morgan fingerprint density at radius 1 is 0.842 bits per heavy atom. The second-order valence-electron chi connectivity index (χ2n) is 10.0. The Morgan fingerprint density at radius 2 is 1.45 bits per heavy atom. The fourth-order valence-corrected chi connectivity index (χ4v) is 5.31. The van der Waals surface area contributed by atoms with E-state index in [1.54, 1.807) is 0 Å². The van der Waals surface area contributed by atoms with Crippen molar-refractivity contribution in [3.05, 3.63) is 71.3 Å². The molecular weight excluding hydrogens is 556 g/mol. The Bertz CT molecular complexity index is 933. The maximum atomic E-state index is 12.8. The van der Waals surface area contributed by atoms with Crippen molar-refractivity contribution in [1.29, 1.82) is 0 Å². The number of amides is 1. The van der Waals surface area contributed by atoms with E-state index in [4.69, 9.17) is 4.74 Å². The molecule has 4 nitrogen and oxygen atoms in total. The number of hydrogen-bond acceptors (Lipinski definition) is 4. The van der Waals surface area contributed by atoms with Crippen LogP contribution in [-0.4, -0.2) is 23.3 Å². The summed E-state index contributed by atoms with van der Waals surface area (Å²) < 4.78 is 5.97. The van der Waals surface area contributed by atoms with Crippen LogP contribution < -0.4 is 9.64 Å². The molecule has 0 atom stereocenters. The maximum absolute atomic E-state index is 12.8. The second kappa shape index (κ2) is 19.2. The van der Waals surface area contributed by atoms with Gasteiger partial charge in [-0.15, -0.1) is 28.7 Å². The van der Waals surface area contributed by atoms with E-state index in [1.165, 1.54) is 63.4 Å². The fraction of sp³-hybridized carbons (Fsp3) is 0.531. The fourth-order valence-electron chi connectivity index (χ4n) is 4.59. The molecule has 0 saturated carbocycles. The highest BCUT2D eigenvalue weighted by Gasteiger charge is 2.15. The Hall–Kier alpha value is -1.92. The number of carbonyl (C=O) groups excluding carboxylic acids is 1. The number of rotatable bonds is 18. The zero-order valence-electron chi connectivity index (χ0n) is 23.4. The van der Waals surface area contributed by atoms with Gasteiger partial charge in [0.25, 0.3) is 0 Å². The molecule has 0 fully saturated rings. The third kappa shape index (κ3) is 11.9. The van der Waals surface area contributed by atoms with E-state index >= 15 is 0 Å². The van der Waals surface area contributed by atoms with E-state index in [0.717, 1.165) is 42.4 Å². The van der Waals surface area contributed by atoms with Gasteiger partial charge >= 0.3 is 0 Å². The van der Waals surface area contributed by atoms with Gasteiger partial charge in [0, 0.05) is 24.9 Å². The van der Waals surface area contributed by atoms with Crippen LogP contribution >= 0.6 is 28.7 Å². The molecule has 0 aromatic heterocycles. The number of thioether (sulfide) groups is 1. The minimum Gasteiger partial charge on any atom is -0.494 e. The van der Waals surface area contributed by atoms with E-state index in [1.807, 2.05) is 35.7 Å². The van der Waals surface area contributed by atoms with E-state index < -0.39 is 0 Å². The summed E-state index contributed by atoms with van der Waals surface area (Å²) in [5.74, 6) is 2.04. The molecule has 0 aliphatic carbocycles. The number of carbonyl (C=O) groups is 1. The molecule has 1 aliphatic heterocycles. The van der Waals surface area contributed by atoms with Crippen LogP contribution in [0.3, 0.4) is 0 Å². The van der Waals surface area contributed by atoms with Crippen LogP contribution in [0, 0.1) is 0 Å². The molecule has 1 heterocycles. The average molecular weight is 604 g/mol. The first-order chi connectivity index (χ1) is 18.2. The maximum Gasteiger partial charge on any atom is 0.227 e. The number of nitrogens with zero attached hydrogens (tertiary/aromatic N) is 2. The van der Waals surface area contributed by atoms with E-state index in [9.17, 15) is 4.79 Å². The molecule has 0 saturated heterocycles. The molecule has 2 aromatic rings. The standard InChI is InChI=1S/C32H46N2O2S.BrH/c1-3-5-6-7-8-9-10-11-12-13-23-36-31-20-16-29(17-21-31)26-34(32(35)4-2)30-18-14-28(15-19-30)25-33-22-24-37-27-33;/h14-22,24H,3-13,23,25-27H2,1-2H3;1H. The van der Waals surface area contributed by atoms with Gasteiger partial charge in [-0.05, 0) is 47.2 Å². The largest absolute Gasteiger partial charge is 0.494 e. The van der Waals surface area contributed by atoms with Gasteiger partial charge in [-0.3, -0.25) is 4.79 Å². The van der Waals surface area contributed by atoms with Crippen molar-refractivity contribution in [2.75, 3.05) is 17.4 Å². The number of ether oxygens (including phenoxy) is 1. The summed E-state index contributed by atoms with van der Waals surface area (Å²) in [6.07, 6.45) is 15.9. The van der Waals surface area contributed by atoms with Crippen molar-refractivity contribution in [2.24, 2.45) is 0 Å². The van der Waals surface area contributed by atoms with Crippen LogP contribution in [0.2, 0.25) is 0 Å². The zero-order valence-corrected chi connectivity index (χ0v) is 25.9. The molecule has 3 rings (SSSR count). The molecular formula is C32H47BrN2O2S. The van der Waals surface area contributed by atoms with Crippen LogP contribution in [0.25, 0.3) is 0 Å². The number of unbranched alkanes of at least 4 members (excludes halogenated alkanes) is 9. The lowest BCUT2D eigenvalue weighted by Crippen LogP contribution is -2.29. The zero-order chi connectivity index (χ0) is 26.1. The average Bonchev–Trinajstić information content (AvgIpc) is 3.44. The Labute approximate surface area is 246 Å². The quantitative estimate of drug-likeness (QED) is 0.159. The third-order valence-electron chi connectivity index (χ3n) is 6.88. The van der Waals surface area contributed by atoms with Gasteiger partial charge in [-0.2, -0.15) is 0 Å². The third-order valence-corrected chi connectivity index (χ3v) is 7.67. The summed E-state index contributed by atoms with van der Waals surface area (Å²) >= 11 is 1.81. The number of hydrogen-bond donors (Lipinski definition) is 0. The van der Waals surface area contributed by atoms with Crippen molar-refractivity contribution in [2.45, 2.75) is 97.6 Å². The molecule has 1 amide bonds. The first kappa shape index (κ1) is 32.3. The van der Waals surface area contributed by atoms with Gasteiger partial charge < -0.3 is 14.5 Å². The SMILES string of the molecule is Br.CCCCCCCCCCCCOc1ccc(CN(C(=O)CC)c2ccc(CN3C=CSC3)cc2)cc1. The summed E-state index contributed by atoms with van der Waals surface area (Å²) in [5.41, 5.74) is 3.31. The van der Waals surface area contributed by atoms with Crippen molar-refractivity contribution >= 4 is 40.3 Å². The van der Waals surface area contributed by atoms with Crippen LogP contribution in [0.5, 0.6) is 5.75 Å². The molecule has 0 radical (unpaired) electrons. The molecule has 210 valence electrons. The summed E-state index contributed by atoms with van der Waals surface area (Å²) in [4.78, 5) is 16.9. The van der Waals surface area contributed by atoms with Crippen LogP contribution in [0.15, 0.2) is 60.1 Å². The smallest absolute Gasteiger partial charge is 0.227 e. The molecule has 38 heavy (non-hydrogen) atoms. The van der Waals surface area contributed by atoms with Crippen molar-refractivity contribution in [3.8, 4) is 5.75 Å². The summed E-state index contributed by atoms with van der Waals surface area (Å²) in [5, 5.41) is 2.13.